The number of nitrogens with one attached hydrogen (secondary N) is 1. The van der Waals surface area contributed by atoms with Crippen molar-refractivity contribution in [3.8, 4) is 0 Å². The number of carbonyl (C=O) groups is 1. The van der Waals surface area contributed by atoms with Crippen LogP contribution in [0, 0.1) is 20.8 Å². The first-order chi connectivity index (χ1) is 12.9. The number of amides is 1. The first kappa shape index (κ1) is 20.6. The molecular weight excluding hydrogens is 424 g/mol. The predicted molar refractivity (Wildman–Crippen MR) is 109 cm³/mol. The molecule has 0 unspecified atom stereocenters. The third-order valence-corrected chi connectivity index (χ3v) is 8.06. The molecule has 1 heterocycles. The minimum absolute atomic E-state index is 0.0367. The van der Waals surface area contributed by atoms with Crippen molar-refractivity contribution in [1.29, 1.82) is 0 Å². The van der Waals surface area contributed by atoms with Crippen molar-refractivity contribution in [1.82, 2.24) is 0 Å². The Bertz CT molecular complexity index is 1170. The Balaban J connectivity index is 2.04. The first-order valence-electron chi connectivity index (χ1n) is 8.38. The van der Waals surface area contributed by atoms with Gasteiger partial charge >= 0.3 is 0 Å². The molecule has 3 rings (SSSR count). The molecule has 10 heteroatoms. The molecule has 1 fully saturated rings. The molecule has 0 spiro atoms. The minimum atomic E-state index is -3.94. The predicted octanol–water partition coefficient (Wildman–Crippen LogP) is 3.13. The maximum Gasteiger partial charge on any atom is 0.262 e. The van der Waals surface area contributed by atoms with Crippen LogP contribution in [0.5, 0.6) is 0 Å². The van der Waals surface area contributed by atoms with Gasteiger partial charge < -0.3 is 0 Å². The Morgan fingerprint density at radius 2 is 1.64 bits per heavy atom. The lowest BCUT2D eigenvalue weighted by Crippen LogP contribution is -2.29. The average Bonchev–Trinajstić information content (AvgIpc) is 2.82. The highest BCUT2D eigenvalue weighted by Crippen LogP contribution is 2.32. The molecule has 7 nitrogen and oxygen atoms in total. The van der Waals surface area contributed by atoms with Crippen LogP contribution in [-0.4, -0.2) is 28.5 Å². The third-order valence-electron chi connectivity index (χ3n) is 4.46. The average molecular weight is 443 g/mol. The van der Waals surface area contributed by atoms with Gasteiger partial charge in [-0.3, -0.25) is 9.52 Å². The van der Waals surface area contributed by atoms with Crippen LogP contribution in [0.15, 0.2) is 35.2 Å². The van der Waals surface area contributed by atoms with Gasteiger partial charge in [-0.15, -0.1) is 0 Å². The van der Waals surface area contributed by atoms with E-state index in [0.717, 1.165) is 4.31 Å². The number of benzene rings is 2. The number of nitrogens with zero attached hydrogens (tertiary/aromatic N) is 1. The van der Waals surface area contributed by atoms with Gasteiger partial charge in [0.15, 0.2) is 0 Å². The summed E-state index contributed by atoms with van der Waals surface area (Å²) in [7, 11) is -7.66. The van der Waals surface area contributed by atoms with Gasteiger partial charge in [-0.1, -0.05) is 11.6 Å². The summed E-state index contributed by atoms with van der Waals surface area (Å²) in [6.07, 6.45) is -0.0854. The second kappa shape index (κ2) is 7.06. The van der Waals surface area contributed by atoms with Gasteiger partial charge in [-0.25, -0.2) is 21.1 Å². The third kappa shape index (κ3) is 3.74. The van der Waals surface area contributed by atoms with E-state index in [4.69, 9.17) is 11.6 Å². The summed E-state index contributed by atoms with van der Waals surface area (Å²) in [5.41, 5.74) is 1.88. The maximum absolute atomic E-state index is 13.0. The topological polar surface area (TPSA) is 101 Å². The summed E-state index contributed by atoms with van der Waals surface area (Å²) < 4.78 is 53.5. The van der Waals surface area contributed by atoms with E-state index in [1.165, 1.54) is 12.1 Å². The molecule has 1 saturated heterocycles. The fourth-order valence-electron chi connectivity index (χ4n) is 3.27. The van der Waals surface area contributed by atoms with Crippen molar-refractivity contribution in [2.75, 3.05) is 14.8 Å². The van der Waals surface area contributed by atoms with E-state index in [1.807, 2.05) is 0 Å². The van der Waals surface area contributed by atoms with Crippen molar-refractivity contribution in [3.05, 3.63) is 52.0 Å². The van der Waals surface area contributed by atoms with E-state index in [9.17, 15) is 21.6 Å². The summed E-state index contributed by atoms with van der Waals surface area (Å²) in [6, 6.07) is 7.60. The molecule has 0 bridgehead atoms. The zero-order chi connectivity index (χ0) is 20.9. The molecule has 150 valence electrons. The Hall–Kier alpha value is -2.10. The second-order valence-electron chi connectivity index (χ2n) is 6.70. The molecule has 1 aliphatic heterocycles. The highest BCUT2D eigenvalue weighted by molar-refractivity contribution is 7.94. The van der Waals surface area contributed by atoms with Gasteiger partial charge in [-0.2, -0.15) is 0 Å². The van der Waals surface area contributed by atoms with Gasteiger partial charge in [0.1, 0.15) is 0 Å². The highest BCUT2D eigenvalue weighted by atomic mass is 35.5. The summed E-state index contributed by atoms with van der Waals surface area (Å²) in [4.78, 5) is 12.0. The van der Waals surface area contributed by atoms with E-state index in [0.29, 0.717) is 27.4 Å². The number of hydrogen-bond donors (Lipinski definition) is 1. The normalized spacial score (nSPS) is 16.4. The molecule has 28 heavy (non-hydrogen) atoms. The van der Waals surface area contributed by atoms with E-state index < -0.39 is 26.0 Å². The molecule has 0 atom stereocenters. The maximum atomic E-state index is 13.0. The SMILES string of the molecule is Cc1cc(Cl)ccc1NS(=O)(=O)c1c(C)cc(N2C(=O)CCS2(=O)=O)cc1C. The number of carbonyl (C=O) groups excluding carboxylic acids is 1. The van der Waals surface area contributed by atoms with E-state index in [2.05, 4.69) is 4.72 Å². The number of sulfonamides is 2. The number of rotatable bonds is 4. The standard InChI is InChI=1S/C18H19ClN2O5S2/c1-11-8-14(19)4-5-16(11)20-28(25,26)18-12(2)9-15(10-13(18)3)21-17(22)6-7-27(21,23)24/h4-5,8-10,20H,6-7H2,1-3H3. The Morgan fingerprint density at radius 1 is 1.04 bits per heavy atom. The van der Waals surface area contributed by atoms with Crippen LogP contribution in [0.4, 0.5) is 11.4 Å². The summed E-state index contributed by atoms with van der Waals surface area (Å²) in [5.74, 6) is -0.772. The number of aryl methyl sites for hydroxylation is 3. The molecule has 0 saturated carbocycles. The van der Waals surface area contributed by atoms with Crippen molar-refractivity contribution in [2.45, 2.75) is 32.1 Å². The minimum Gasteiger partial charge on any atom is -0.279 e. The fourth-order valence-corrected chi connectivity index (χ4v) is 6.53. The Morgan fingerprint density at radius 3 is 2.14 bits per heavy atom. The van der Waals surface area contributed by atoms with Crippen LogP contribution in [0.2, 0.25) is 5.02 Å². The molecule has 2 aromatic carbocycles. The summed E-state index contributed by atoms with van der Waals surface area (Å²) in [5, 5.41) is 0.494. The van der Waals surface area contributed by atoms with Crippen LogP contribution >= 0.6 is 11.6 Å². The van der Waals surface area contributed by atoms with Crippen molar-refractivity contribution < 1.29 is 21.6 Å². The molecular formula is C18H19ClN2O5S2. The molecule has 1 aliphatic rings. The van der Waals surface area contributed by atoms with E-state index in [-0.39, 0.29) is 22.8 Å². The lowest BCUT2D eigenvalue weighted by molar-refractivity contribution is -0.116. The first-order valence-corrected chi connectivity index (χ1v) is 11.9. The molecule has 2 aromatic rings. The largest absolute Gasteiger partial charge is 0.279 e. The van der Waals surface area contributed by atoms with Crippen molar-refractivity contribution in [3.63, 3.8) is 0 Å². The Labute approximate surface area is 169 Å². The van der Waals surface area contributed by atoms with Crippen LogP contribution in [0.25, 0.3) is 0 Å². The van der Waals surface area contributed by atoms with Gasteiger partial charge in [-0.05, 0) is 67.8 Å². The van der Waals surface area contributed by atoms with Crippen LogP contribution in [0.3, 0.4) is 0 Å². The van der Waals surface area contributed by atoms with Crippen LogP contribution in [-0.2, 0) is 24.8 Å². The molecule has 1 amide bonds. The molecule has 0 radical (unpaired) electrons. The molecule has 0 aromatic heterocycles. The lowest BCUT2D eigenvalue weighted by atomic mass is 10.1. The Kier molecular flexibility index (Phi) is 5.20. The molecule has 1 N–H and O–H groups in total. The summed E-state index contributed by atoms with van der Waals surface area (Å²) >= 11 is 5.91. The zero-order valence-corrected chi connectivity index (χ0v) is 17.9. The fraction of sp³-hybridized carbons (Fsp3) is 0.278. The van der Waals surface area contributed by atoms with Crippen LogP contribution < -0.4 is 9.03 Å². The summed E-state index contributed by atoms with van der Waals surface area (Å²) in [6.45, 7) is 4.86. The van der Waals surface area contributed by atoms with E-state index in [1.54, 1.807) is 39.0 Å². The highest BCUT2D eigenvalue weighted by Gasteiger charge is 2.37. The van der Waals surface area contributed by atoms with Gasteiger partial charge in [0.05, 0.1) is 22.0 Å². The van der Waals surface area contributed by atoms with Crippen molar-refractivity contribution in [2.24, 2.45) is 0 Å². The lowest BCUT2D eigenvalue weighted by Gasteiger charge is -2.19. The molecule has 0 aliphatic carbocycles. The van der Waals surface area contributed by atoms with Crippen LogP contribution in [0.1, 0.15) is 23.1 Å². The second-order valence-corrected chi connectivity index (χ2v) is 10.7. The van der Waals surface area contributed by atoms with Gasteiger partial charge in [0.2, 0.25) is 15.9 Å². The van der Waals surface area contributed by atoms with Gasteiger partial charge in [0.25, 0.3) is 10.0 Å². The van der Waals surface area contributed by atoms with Crippen molar-refractivity contribution >= 4 is 48.9 Å². The van der Waals surface area contributed by atoms with E-state index >= 15 is 0 Å². The zero-order valence-electron chi connectivity index (χ0n) is 15.5. The van der Waals surface area contributed by atoms with Gasteiger partial charge in [0, 0.05) is 11.4 Å². The number of anilines is 2. The monoisotopic (exact) mass is 442 g/mol. The quantitative estimate of drug-likeness (QED) is 0.783. The smallest absolute Gasteiger partial charge is 0.262 e. The number of halogens is 1. The number of hydrogen-bond acceptors (Lipinski definition) is 5.